The molecule has 30 heavy (non-hydrogen) atoms. The summed E-state index contributed by atoms with van der Waals surface area (Å²) < 4.78 is 58.2. The molecule has 0 atom stereocenters. The first-order valence-corrected chi connectivity index (χ1v) is 8.52. The van der Waals surface area contributed by atoms with Crippen molar-refractivity contribution in [1.29, 1.82) is 0 Å². The Balaban J connectivity index is 2.04. The Morgan fingerprint density at radius 2 is 1.93 bits per heavy atom. The van der Waals surface area contributed by atoms with E-state index in [0.717, 1.165) is 16.7 Å². The Morgan fingerprint density at radius 1 is 1.20 bits per heavy atom. The molecular weight excluding hydrogens is 406 g/mol. The van der Waals surface area contributed by atoms with E-state index in [9.17, 15) is 27.5 Å². The van der Waals surface area contributed by atoms with Crippen LogP contribution < -0.4 is 5.56 Å². The molecule has 10 heteroatoms. The van der Waals surface area contributed by atoms with Crippen LogP contribution in [0.1, 0.15) is 22.8 Å². The van der Waals surface area contributed by atoms with E-state index >= 15 is 0 Å². The highest BCUT2D eigenvalue weighted by Crippen LogP contribution is 2.27. The summed E-state index contributed by atoms with van der Waals surface area (Å²) in [6.07, 6.45) is -3.67. The molecule has 3 rings (SSSR count). The Morgan fingerprint density at radius 3 is 2.53 bits per heavy atom. The van der Waals surface area contributed by atoms with Crippen molar-refractivity contribution in [1.82, 2.24) is 14.7 Å². The van der Waals surface area contributed by atoms with Gasteiger partial charge in [0.1, 0.15) is 17.9 Å². The van der Waals surface area contributed by atoms with E-state index in [2.05, 4.69) is 23.3 Å². The largest absolute Gasteiger partial charge is 0.505 e. The Bertz CT molecular complexity index is 1180. The van der Waals surface area contributed by atoms with E-state index in [-0.39, 0.29) is 29.3 Å². The van der Waals surface area contributed by atoms with Gasteiger partial charge >= 0.3 is 6.18 Å². The van der Waals surface area contributed by atoms with Crippen LogP contribution in [0.3, 0.4) is 0 Å². The molecule has 0 amide bonds. The maximum Gasteiger partial charge on any atom is 0.396 e. The number of nitrogens with zero attached hydrogens (tertiary/aromatic N) is 3. The topological polar surface area (TPSA) is 81.2 Å². The average molecular weight is 421 g/mol. The lowest BCUT2D eigenvalue weighted by Crippen LogP contribution is -2.31. The number of rotatable bonds is 6. The third kappa shape index (κ3) is 4.32. The van der Waals surface area contributed by atoms with Gasteiger partial charge in [-0.2, -0.15) is 13.2 Å². The highest BCUT2D eigenvalue weighted by Gasteiger charge is 2.31. The lowest BCUT2D eigenvalue weighted by molar-refractivity contribution is -0.129. The van der Waals surface area contributed by atoms with E-state index in [1.807, 2.05) is 0 Å². The molecule has 0 saturated heterocycles. The van der Waals surface area contributed by atoms with E-state index < -0.39 is 35.5 Å². The SMILES string of the molecule is C=Cc1nc(CC(F)(F)F)n(Cc2cc(-c3ccc(F)c(O)c3)on2)c(=O)c1C=C. The molecule has 0 aliphatic rings. The third-order valence-electron chi connectivity index (χ3n) is 4.18. The molecule has 0 radical (unpaired) electrons. The molecule has 0 aliphatic carbocycles. The summed E-state index contributed by atoms with van der Waals surface area (Å²) in [5, 5.41) is 13.2. The molecule has 0 fully saturated rings. The van der Waals surface area contributed by atoms with Crippen molar-refractivity contribution in [2.24, 2.45) is 0 Å². The van der Waals surface area contributed by atoms with Crippen LogP contribution in [0, 0.1) is 5.82 Å². The van der Waals surface area contributed by atoms with Crippen LogP contribution >= 0.6 is 0 Å². The van der Waals surface area contributed by atoms with Gasteiger partial charge in [-0.15, -0.1) is 0 Å². The minimum atomic E-state index is -4.60. The fourth-order valence-corrected chi connectivity index (χ4v) is 2.81. The maximum absolute atomic E-state index is 13.2. The van der Waals surface area contributed by atoms with Crippen molar-refractivity contribution in [2.75, 3.05) is 0 Å². The van der Waals surface area contributed by atoms with E-state index in [1.165, 1.54) is 24.3 Å². The van der Waals surface area contributed by atoms with E-state index in [4.69, 9.17) is 4.52 Å². The minimum absolute atomic E-state index is 0.00287. The lowest BCUT2D eigenvalue weighted by Gasteiger charge is -2.15. The summed E-state index contributed by atoms with van der Waals surface area (Å²) in [4.78, 5) is 16.7. The quantitative estimate of drug-likeness (QED) is 0.604. The van der Waals surface area contributed by atoms with Gasteiger partial charge in [0, 0.05) is 11.6 Å². The highest BCUT2D eigenvalue weighted by atomic mass is 19.4. The fourth-order valence-electron chi connectivity index (χ4n) is 2.81. The number of hydrogen-bond donors (Lipinski definition) is 1. The Kier molecular flexibility index (Phi) is 5.59. The molecule has 1 aromatic carbocycles. The number of hydrogen-bond acceptors (Lipinski definition) is 5. The number of aromatic hydroxyl groups is 1. The van der Waals surface area contributed by atoms with Crippen LogP contribution in [-0.2, 0) is 13.0 Å². The summed E-state index contributed by atoms with van der Waals surface area (Å²) >= 11 is 0. The molecule has 0 bridgehead atoms. The Labute approximate surface area is 167 Å². The predicted octanol–water partition coefficient (Wildman–Crippen LogP) is 4.18. The zero-order chi connectivity index (χ0) is 22.1. The second-order valence-electron chi connectivity index (χ2n) is 6.27. The standard InChI is InChI=1S/C20H15F4N3O3/c1-3-13-15(4-2)25-18(9-20(22,23)24)27(19(13)29)10-12-8-17(30-26-12)11-5-6-14(21)16(28)7-11/h3-8,28H,1-2,9-10H2. The smallest absolute Gasteiger partial charge is 0.396 e. The van der Waals surface area contributed by atoms with Gasteiger partial charge < -0.3 is 9.63 Å². The van der Waals surface area contributed by atoms with Gasteiger partial charge in [0.05, 0.1) is 17.8 Å². The number of aromatic nitrogens is 3. The van der Waals surface area contributed by atoms with Crippen LogP contribution in [-0.4, -0.2) is 26.0 Å². The molecule has 2 aromatic heterocycles. The molecule has 1 N–H and O–H groups in total. The number of alkyl halides is 3. The summed E-state index contributed by atoms with van der Waals surface area (Å²) in [5.41, 5.74) is -0.320. The van der Waals surface area contributed by atoms with Crippen LogP contribution in [0.5, 0.6) is 5.75 Å². The van der Waals surface area contributed by atoms with Crippen LogP contribution in [0.15, 0.2) is 46.7 Å². The van der Waals surface area contributed by atoms with Crippen LogP contribution in [0.25, 0.3) is 23.5 Å². The molecule has 0 aliphatic heterocycles. The second kappa shape index (κ2) is 7.97. The van der Waals surface area contributed by atoms with Crippen LogP contribution in [0.2, 0.25) is 0 Å². The molecular formula is C20H15F4N3O3. The van der Waals surface area contributed by atoms with Crippen molar-refractivity contribution in [3.63, 3.8) is 0 Å². The number of phenolic OH excluding ortho intramolecular Hbond substituents is 1. The van der Waals surface area contributed by atoms with Crippen molar-refractivity contribution < 1.29 is 27.2 Å². The fraction of sp³-hybridized carbons (Fsp3) is 0.150. The summed E-state index contributed by atoms with van der Waals surface area (Å²) in [7, 11) is 0. The number of benzene rings is 1. The van der Waals surface area contributed by atoms with Gasteiger partial charge in [0.25, 0.3) is 5.56 Å². The molecule has 6 nitrogen and oxygen atoms in total. The maximum atomic E-state index is 13.2. The molecule has 156 valence electrons. The summed E-state index contributed by atoms with van der Waals surface area (Å²) in [6, 6.07) is 4.83. The molecule has 0 saturated carbocycles. The van der Waals surface area contributed by atoms with E-state index in [1.54, 1.807) is 0 Å². The molecule has 2 heterocycles. The van der Waals surface area contributed by atoms with Gasteiger partial charge in [-0.1, -0.05) is 24.4 Å². The predicted molar refractivity (Wildman–Crippen MR) is 101 cm³/mol. The van der Waals surface area contributed by atoms with Crippen molar-refractivity contribution in [2.45, 2.75) is 19.1 Å². The van der Waals surface area contributed by atoms with Gasteiger partial charge in [0.15, 0.2) is 17.3 Å². The monoisotopic (exact) mass is 421 g/mol. The number of phenols is 1. The zero-order valence-electron chi connectivity index (χ0n) is 15.4. The van der Waals surface area contributed by atoms with Gasteiger partial charge in [-0.3, -0.25) is 9.36 Å². The Hall–Kier alpha value is -3.69. The first-order chi connectivity index (χ1) is 14.1. The third-order valence-corrected chi connectivity index (χ3v) is 4.18. The van der Waals surface area contributed by atoms with Gasteiger partial charge in [0.2, 0.25) is 0 Å². The van der Waals surface area contributed by atoms with Gasteiger partial charge in [-0.05, 0) is 24.3 Å². The second-order valence-corrected chi connectivity index (χ2v) is 6.27. The normalized spacial score (nSPS) is 11.5. The van der Waals surface area contributed by atoms with Crippen molar-refractivity contribution in [3.8, 4) is 17.1 Å². The van der Waals surface area contributed by atoms with Crippen molar-refractivity contribution in [3.05, 3.63) is 76.4 Å². The minimum Gasteiger partial charge on any atom is -0.505 e. The molecule has 0 spiro atoms. The average Bonchev–Trinajstić information content (AvgIpc) is 3.14. The summed E-state index contributed by atoms with van der Waals surface area (Å²) in [5.74, 6) is -1.82. The number of halogens is 4. The molecule has 0 unspecified atom stereocenters. The van der Waals surface area contributed by atoms with Crippen LogP contribution in [0.4, 0.5) is 17.6 Å². The molecule has 3 aromatic rings. The first kappa shape index (κ1) is 21.0. The lowest BCUT2D eigenvalue weighted by atomic mass is 10.1. The zero-order valence-corrected chi connectivity index (χ0v) is 15.4. The first-order valence-electron chi connectivity index (χ1n) is 8.52. The van der Waals surface area contributed by atoms with Gasteiger partial charge in [-0.25, -0.2) is 9.37 Å². The summed E-state index contributed by atoms with van der Waals surface area (Å²) in [6.45, 7) is 6.61. The van der Waals surface area contributed by atoms with E-state index in [0.29, 0.717) is 5.56 Å². The highest BCUT2D eigenvalue weighted by molar-refractivity contribution is 5.60. The van der Waals surface area contributed by atoms with Crippen molar-refractivity contribution >= 4 is 12.2 Å².